The molecule has 0 saturated carbocycles. The Bertz CT molecular complexity index is 800. The second kappa shape index (κ2) is 5.13. The third-order valence-corrected chi connectivity index (χ3v) is 5.30. The molecule has 0 aliphatic rings. The number of aryl methyl sites for hydroxylation is 3. The van der Waals surface area contributed by atoms with Crippen LogP contribution in [0.1, 0.15) is 11.3 Å². The Balaban J connectivity index is 2.76. The lowest BCUT2D eigenvalue weighted by Gasteiger charge is -2.06. The molecule has 0 bridgehead atoms. The summed E-state index contributed by atoms with van der Waals surface area (Å²) >= 11 is 9.60. The molecule has 0 aliphatic heterocycles. The Labute approximate surface area is 131 Å². The van der Waals surface area contributed by atoms with E-state index in [-0.39, 0.29) is 10.0 Å². The van der Waals surface area contributed by atoms with Gasteiger partial charge < -0.3 is 0 Å². The van der Waals surface area contributed by atoms with E-state index in [9.17, 15) is 8.42 Å². The Morgan fingerprint density at radius 1 is 1.30 bits per heavy atom. The Hall–Kier alpha value is -0.920. The zero-order valence-corrected chi connectivity index (χ0v) is 14.6. The van der Waals surface area contributed by atoms with Crippen LogP contribution in [-0.2, 0) is 16.9 Å². The summed E-state index contributed by atoms with van der Waals surface area (Å²) in [5.74, 6) is 0. The van der Waals surface area contributed by atoms with Crippen LogP contribution in [0.2, 0.25) is 5.02 Å². The number of hydrogen-bond acceptors (Lipinski definition) is 4. The highest BCUT2D eigenvalue weighted by Crippen LogP contribution is 2.34. The molecule has 20 heavy (non-hydrogen) atoms. The molecule has 0 N–H and O–H groups in total. The van der Waals surface area contributed by atoms with Crippen molar-refractivity contribution in [2.45, 2.75) is 18.9 Å². The minimum absolute atomic E-state index is 0.00376. The first kappa shape index (κ1) is 15.5. The topological polar surface area (TPSA) is 64.8 Å². The van der Waals surface area contributed by atoms with Gasteiger partial charge in [-0.05, 0) is 41.4 Å². The number of sulfone groups is 1. The summed E-state index contributed by atoms with van der Waals surface area (Å²) in [6, 6.07) is 1.91. The maximum atomic E-state index is 11.8. The molecule has 0 amide bonds. The van der Waals surface area contributed by atoms with E-state index in [1.807, 2.05) is 19.9 Å². The van der Waals surface area contributed by atoms with Gasteiger partial charge >= 0.3 is 0 Å². The Morgan fingerprint density at radius 2 is 1.90 bits per heavy atom. The maximum Gasteiger partial charge on any atom is 0.193 e. The largest absolute Gasteiger partial charge is 0.255 e. The van der Waals surface area contributed by atoms with Crippen LogP contribution >= 0.6 is 27.5 Å². The summed E-state index contributed by atoms with van der Waals surface area (Å²) in [5, 5.41) is 4.31. The molecule has 0 atom stereocenters. The molecule has 2 heterocycles. The predicted molar refractivity (Wildman–Crippen MR) is 81.7 cm³/mol. The van der Waals surface area contributed by atoms with E-state index >= 15 is 0 Å². The van der Waals surface area contributed by atoms with Crippen LogP contribution in [0.4, 0.5) is 0 Å². The molecule has 108 valence electrons. The molecule has 0 aromatic carbocycles. The van der Waals surface area contributed by atoms with E-state index in [0.717, 1.165) is 22.0 Å². The van der Waals surface area contributed by atoms with Gasteiger partial charge in [-0.2, -0.15) is 5.10 Å². The highest BCUT2D eigenvalue weighted by molar-refractivity contribution is 9.10. The van der Waals surface area contributed by atoms with Crippen molar-refractivity contribution in [2.24, 2.45) is 7.05 Å². The summed E-state index contributed by atoms with van der Waals surface area (Å²) in [5.41, 5.74) is 2.61. The fourth-order valence-electron chi connectivity index (χ4n) is 1.95. The van der Waals surface area contributed by atoms with E-state index < -0.39 is 9.84 Å². The second-order valence-electron chi connectivity index (χ2n) is 4.58. The second-order valence-corrected chi connectivity index (χ2v) is 7.75. The van der Waals surface area contributed by atoms with Crippen LogP contribution in [0.15, 0.2) is 15.6 Å². The van der Waals surface area contributed by atoms with Crippen molar-refractivity contribution in [1.82, 2.24) is 14.8 Å². The van der Waals surface area contributed by atoms with Crippen molar-refractivity contribution in [2.75, 3.05) is 6.26 Å². The fraction of sp³-hybridized carbons (Fsp3) is 0.333. The summed E-state index contributed by atoms with van der Waals surface area (Å²) in [4.78, 5) is 4.44. The fourth-order valence-corrected chi connectivity index (χ4v) is 3.99. The highest BCUT2D eigenvalue weighted by atomic mass is 79.9. The molecule has 2 aromatic rings. The van der Waals surface area contributed by atoms with Gasteiger partial charge in [0, 0.05) is 17.8 Å². The van der Waals surface area contributed by atoms with Crippen LogP contribution in [0.3, 0.4) is 0 Å². The molecular formula is C12H13BrClN3O2S. The molecule has 0 radical (unpaired) electrons. The molecule has 2 aromatic heterocycles. The third-order valence-electron chi connectivity index (χ3n) is 2.86. The van der Waals surface area contributed by atoms with Crippen molar-refractivity contribution >= 4 is 37.4 Å². The normalized spacial score (nSPS) is 11.9. The first-order valence-electron chi connectivity index (χ1n) is 5.69. The van der Waals surface area contributed by atoms with E-state index in [4.69, 9.17) is 11.6 Å². The third kappa shape index (κ3) is 2.62. The first-order valence-corrected chi connectivity index (χ1v) is 8.76. The van der Waals surface area contributed by atoms with Crippen molar-refractivity contribution in [1.29, 1.82) is 0 Å². The van der Waals surface area contributed by atoms with E-state index in [1.54, 1.807) is 7.05 Å². The summed E-state index contributed by atoms with van der Waals surface area (Å²) in [6.07, 6.45) is 1.10. The molecule has 5 nitrogen and oxygen atoms in total. The summed E-state index contributed by atoms with van der Waals surface area (Å²) in [7, 11) is -1.90. The van der Waals surface area contributed by atoms with Crippen molar-refractivity contribution in [3.63, 3.8) is 0 Å². The van der Waals surface area contributed by atoms with Crippen LogP contribution in [0.25, 0.3) is 11.4 Å². The van der Waals surface area contributed by atoms with Gasteiger partial charge in [0.1, 0.15) is 10.7 Å². The molecular weight excluding hydrogens is 366 g/mol. The van der Waals surface area contributed by atoms with E-state index in [1.165, 1.54) is 4.68 Å². The standard InChI is InChI=1S/C12H13BrClN3O2S/c1-6-5-8(13)7(2)15-10(6)11-9(14)12(17(3)16-11)20(4,18)19/h5H,1-4H3. The van der Waals surface area contributed by atoms with Gasteiger partial charge in [0.15, 0.2) is 14.9 Å². The van der Waals surface area contributed by atoms with Gasteiger partial charge in [0.25, 0.3) is 0 Å². The van der Waals surface area contributed by atoms with Gasteiger partial charge in [0.05, 0.1) is 11.4 Å². The molecule has 0 fully saturated rings. The number of hydrogen-bond donors (Lipinski definition) is 0. The Morgan fingerprint density at radius 3 is 2.40 bits per heavy atom. The van der Waals surface area contributed by atoms with Crippen LogP contribution in [0, 0.1) is 13.8 Å². The molecule has 0 unspecified atom stereocenters. The number of rotatable bonds is 2. The number of nitrogens with zero attached hydrogens (tertiary/aromatic N) is 3. The van der Waals surface area contributed by atoms with Crippen LogP contribution in [-0.4, -0.2) is 29.4 Å². The van der Waals surface area contributed by atoms with Gasteiger partial charge in [-0.1, -0.05) is 11.6 Å². The van der Waals surface area contributed by atoms with Crippen LogP contribution in [0.5, 0.6) is 0 Å². The lowest BCUT2D eigenvalue weighted by molar-refractivity contribution is 0.583. The minimum atomic E-state index is -3.45. The van der Waals surface area contributed by atoms with Gasteiger partial charge in [-0.15, -0.1) is 0 Å². The summed E-state index contributed by atoms with van der Waals surface area (Å²) < 4.78 is 25.7. The minimum Gasteiger partial charge on any atom is -0.255 e. The molecule has 0 aliphatic carbocycles. The average Bonchev–Trinajstić information content (AvgIpc) is 2.58. The molecule has 0 saturated heterocycles. The lowest BCUT2D eigenvalue weighted by atomic mass is 10.1. The van der Waals surface area contributed by atoms with Crippen molar-refractivity contribution < 1.29 is 8.42 Å². The monoisotopic (exact) mass is 377 g/mol. The van der Waals surface area contributed by atoms with Crippen molar-refractivity contribution in [3.05, 3.63) is 26.8 Å². The van der Waals surface area contributed by atoms with Gasteiger partial charge in [0.2, 0.25) is 0 Å². The molecule has 2 rings (SSSR count). The maximum absolute atomic E-state index is 11.8. The van der Waals surface area contributed by atoms with Gasteiger partial charge in [-0.3, -0.25) is 4.68 Å². The van der Waals surface area contributed by atoms with Gasteiger partial charge in [-0.25, -0.2) is 13.4 Å². The average molecular weight is 379 g/mol. The van der Waals surface area contributed by atoms with Crippen LogP contribution < -0.4 is 0 Å². The Kier molecular flexibility index (Phi) is 3.96. The number of pyridine rings is 1. The number of aromatic nitrogens is 3. The van der Waals surface area contributed by atoms with Crippen molar-refractivity contribution in [3.8, 4) is 11.4 Å². The van der Waals surface area contributed by atoms with E-state index in [0.29, 0.717) is 11.4 Å². The zero-order chi connectivity index (χ0) is 15.2. The molecule has 8 heteroatoms. The SMILES string of the molecule is Cc1cc(Br)c(C)nc1-c1nn(C)c(S(C)(=O)=O)c1Cl. The smallest absolute Gasteiger partial charge is 0.193 e. The van der Waals surface area contributed by atoms with E-state index in [2.05, 4.69) is 26.0 Å². The quantitative estimate of drug-likeness (QED) is 0.806. The number of halogens is 2. The highest BCUT2D eigenvalue weighted by Gasteiger charge is 2.25. The molecule has 0 spiro atoms. The zero-order valence-electron chi connectivity index (χ0n) is 11.4. The first-order chi connectivity index (χ1) is 9.12. The summed E-state index contributed by atoms with van der Waals surface area (Å²) in [6.45, 7) is 3.72. The lowest BCUT2D eigenvalue weighted by Crippen LogP contribution is -2.05. The predicted octanol–water partition coefficient (Wildman–Crippen LogP) is 2.92.